The zero-order valence-corrected chi connectivity index (χ0v) is 19.9. The van der Waals surface area contributed by atoms with Crippen LogP contribution in [0.1, 0.15) is 26.3 Å². The number of nitrogens with zero attached hydrogens (tertiary/aromatic N) is 3. The van der Waals surface area contributed by atoms with E-state index in [4.69, 9.17) is 19.6 Å². The van der Waals surface area contributed by atoms with Gasteiger partial charge in [-0.1, -0.05) is 0 Å². The number of alkyl carbamates (subject to hydrolysis) is 1. The van der Waals surface area contributed by atoms with Gasteiger partial charge >= 0.3 is 18.2 Å². The predicted octanol–water partition coefficient (Wildman–Crippen LogP) is 1.65. The maximum Gasteiger partial charge on any atom is 0.414 e. The van der Waals surface area contributed by atoms with E-state index in [-0.39, 0.29) is 24.0 Å². The SMILES string of the molecule is CCOC(=O)CN1CCN(C[C@H]2CN(c3ccc(C(=N)NC(=O)OC(C)C)cc3)C(=O)O2)CC1. The Hall–Kier alpha value is -3.18. The van der Waals surface area contributed by atoms with E-state index in [9.17, 15) is 14.4 Å². The van der Waals surface area contributed by atoms with Crippen molar-refractivity contribution in [2.24, 2.45) is 0 Å². The predicted molar refractivity (Wildman–Crippen MR) is 125 cm³/mol. The van der Waals surface area contributed by atoms with Crippen molar-refractivity contribution in [1.82, 2.24) is 15.1 Å². The standard InChI is InChI=1S/C23H33N5O6/c1-4-32-20(29)15-27-11-9-26(10-12-27)13-19-14-28(23(31)34-19)18-7-5-17(6-8-18)21(24)25-22(30)33-16(2)3/h5-8,16,19H,4,9-15H2,1-3H3,(H2,24,25,30)/t19-/m0/s1. The van der Waals surface area contributed by atoms with Gasteiger partial charge in [0.25, 0.3) is 0 Å². The first kappa shape index (κ1) is 25.4. The van der Waals surface area contributed by atoms with Crippen molar-refractivity contribution >= 4 is 29.7 Å². The van der Waals surface area contributed by atoms with E-state index >= 15 is 0 Å². The maximum absolute atomic E-state index is 12.4. The second kappa shape index (κ2) is 11.8. The van der Waals surface area contributed by atoms with Crippen molar-refractivity contribution in [1.29, 1.82) is 5.41 Å². The van der Waals surface area contributed by atoms with Gasteiger partial charge in [0.1, 0.15) is 11.9 Å². The number of ether oxygens (including phenoxy) is 3. The van der Waals surface area contributed by atoms with Gasteiger partial charge in [-0.2, -0.15) is 0 Å². The van der Waals surface area contributed by atoms with E-state index in [2.05, 4.69) is 15.1 Å². The molecule has 2 fully saturated rings. The first-order chi connectivity index (χ1) is 16.2. The van der Waals surface area contributed by atoms with Crippen LogP contribution in [0, 0.1) is 5.41 Å². The lowest BCUT2D eigenvalue weighted by Gasteiger charge is -2.34. The van der Waals surface area contributed by atoms with Crippen LogP contribution in [-0.2, 0) is 19.0 Å². The number of cyclic esters (lactones) is 1. The van der Waals surface area contributed by atoms with Crippen molar-refractivity contribution in [3.63, 3.8) is 0 Å². The van der Waals surface area contributed by atoms with Crippen LogP contribution in [0.2, 0.25) is 0 Å². The molecule has 0 saturated carbocycles. The molecule has 2 amide bonds. The molecule has 2 heterocycles. The van der Waals surface area contributed by atoms with Crippen LogP contribution >= 0.6 is 0 Å². The second-order valence-electron chi connectivity index (χ2n) is 8.50. The van der Waals surface area contributed by atoms with Crippen molar-refractivity contribution in [2.45, 2.75) is 33.0 Å². The van der Waals surface area contributed by atoms with Crippen LogP contribution in [0.4, 0.5) is 15.3 Å². The Labute approximate surface area is 199 Å². The summed E-state index contributed by atoms with van der Waals surface area (Å²) in [6, 6.07) is 6.77. The van der Waals surface area contributed by atoms with Crippen molar-refractivity contribution in [2.75, 3.05) is 57.3 Å². The molecule has 186 valence electrons. The quantitative estimate of drug-likeness (QED) is 0.252. The van der Waals surface area contributed by atoms with E-state index in [0.717, 1.165) is 26.2 Å². The molecule has 11 nitrogen and oxygen atoms in total. The smallest absolute Gasteiger partial charge is 0.414 e. The Bertz CT molecular complexity index is 882. The second-order valence-corrected chi connectivity index (χ2v) is 8.50. The third kappa shape index (κ3) is 7.16. The minimum absolute atomic E-state index is 0.0822. The number of carbonyl (C=O) groups is 3. The number of nitrogens with one attached hydrogen (secondary N) is 2. The highest BCUT2D eigenvalue weighted by Crippen LogP contribution is 2.23. The van der Waals surface area contributed by atoms with Gasteiger partial charge in [0.05, 0.1) is 25.8 Å². The third-order valence-corrected chi connectivity index (χ3v) is 5.50. The normalized spacial score (nSPS) is 19.1. The van der Waals surface area contributed by atoms with Crippen LogP contribution in [-0.4, -0.2) is 98.4 Å². The van der Waals surface area contributed by atoms with E-state index in [0.29, 0.717) is 37.5 Å². The number of carbonyl (C=O) groups excluding carboxylic acids is 3. The topological polar surface area (TPSA) is 125 Å². The van der Waals surface area contributed by atoms with E-state index in [1.807, 2.05) is 0 Å². The number of amidine groups is 1. The fraction of sp³-hybridized carbons (Fsp3) is 0.565. The molecule has 1 aromatic rings. The van der Waals surface area contributed by atoms with Gasteiger partial charge in [0.15, 0.2) is 0 Å². The summed E-state index contributed by atoms with van der Waals surface area (Å²) < 4.78 is 15.5. The average Bonchev–Trinajstić information content (AvgIpc) is 3.14. The number of anilines is 1. The number of benzene rings is 1. The molecule has 3 rings (SSSR count). The molecule has 2 aliphatic rings. The molecule has 0 bridgehead atoms. The molecule has 0 unspecified atom stereocenters. The lowest BCUT2D eigenvalue weighted by Crippen LogP contribution is -2.50. The van der Waals surface area contributed by atoms with Gasteiger partial charge in [-0.15, -0.1) is 0 Å². The molecule has 1 atom stereocenters. The van der Waals surface area contributed by atoms with Gasteiger partial charge in [-0.05, 0) is 45.0 Å². The largest absolute Gasteiger partial charge is 0.465 e. The Morgan fingerprint density at radius 1 is 1.15 bits per heavy atom. The highest BCUT2D eigenvalue weighted by atomic mass is 16.6. The zero-order chi connectivity index (χ0) is 24.7. The molecule has 0 spiro atoms. The lowest BCUT2D eigenvalue weighted by molar-refractivity contribution is -0.144. The molecule has 1 aromatic carbocycles. The molecular weight excluding hydrogens is 442 g/mol. The number of piperazine rings is 1. The number of esters is 1. The number of hydrogen-bond donors (Lipinski definition) is 2. The Balaban J connectivity index is 1.47. The zero-order valence-electron chi connectivity index (χ0n) is 19.9. The van der Waals surface area contributed by atoms with E-state index < -0.39 is 12.2 Å². The molecule has 2 N–H and O–H groups in total. The summed E-state index contributed by atoms with van der Waals surface area (Å²) in [6.45, 7) is 10.1. The maximum atomic E-state index is 12.4. The van der Waals surface area contributed by atoms with Crippen molar-refractivity contribution in [3.05, 3.63) is 29.8 Å². The summed E-state index contributed by atoms with van der Waals surface area (Å²) in [6.07, 6.45) is -1.63. The van der Waals surface area contributed by atoms with Gasteiger partial charge in [-0.3, -0.25) is 30.2 Å². The first-order valence-electron chi connectivity index (χ1n) is 11.5. The third-order valence-electron chi connectivity index (χ3n) is 5.50. The fourth-order valence-corrected chi connectivity index (χ4v) is 3.86. The molecule has 0 aliphatic carbocycles. The minimum atomic E-state index is -0.684. The number of rotatable bonds is 8. The summed E-state index contributed by atoms with van der Waals surface area (Å²) in [5.41, 5.74) is 1.15. The summed E-state index contributed by atoms with van der Waals surface area (Å²) in [4.78, 5) is 41.6. The van der Waals surface area contributed by atoms with Gasteiger partial charge in [-0.25, -0.2) is 9.59 Å². The Morgan fingerprint density at radius 3 is 2.41 bits per heavy atom. The molecule has 2 saturated heterocycles. The summed E-state index contributed by atoms with van der Waals surface area (Å²) in [5, 5.41) is 10.4. The summed E-state index contributed by atoms with van der Waals surface area (Å²) in [7, 11) is 0. The Kier molecular flexibility index (Phi) is 8.83. The van der Waals surface area contributed by atoms with E-state index in [1.165, 1.54) is 0 Å². The highest BCUT2D eigenvalue weighted by molar-refractivity contribution is 6.04. The summed E-state index contributed by atoms with van der Waals surface area (Å²) in [5.74, 6) is -0.287. The lowest BCUT2D eigenvalue weighted by atomic mass is 10.1. The van der Waals surface area contributed by atoms with Crippen LogP contribution in [0.25, 0.3) is 0 Å². The highest BCUT2D eigenvalue weighted by Gasteiger charge is 2.34. The summed E-state index contributed by atoms with van der Waals surface area (Å²) >= 11 is 0. The molecule has 0 aromatic heterocycles. The fourth-order valence-electron chi connectivity index (χ4n) is 3.86. The first-order valence-corrected chi connectivity index (χ1v) is 11.5. The van der Waals surface area contributed by atoms with E-state index in [1.54, 1.807) is 49.9 Å². The van der Waals surface area contributed by atoms with Crippen LogP contribution in [0.5, 0.6) is 0 Å². The molecular formula is C23H33N5O6. The number of hydrogen-bond acceptors (Lipinski definition) is 9. The van der Waals surface area contributed by atoms with Crippen LogP contribution < -0.4 is 10.2 Å². The van der Waals surface area contributed by atoms with Crippen LogP contribution in [0.3, 0.4) is 0 Å². The average molecular weight is 476 g/mol. The Morgan fingerprint density at radius 2 is 1.79 bits per heavy atom. The van der Waals surface area contributed by atoms with Gasteiger partial charge in [0.2, 0.25) is 0 Å². The number of amides is 2. The van der Waals surface area contributed by atoms with Crippen LogP contribution in [0.15, 0.2) is 24.3 Å². The molecule has 11 heteroatoms. The molecule has 34 heavy (non-hydrogen) atoms. The minimum Gasteiger partial charge on any atom is -0.465 e. The van der Waals surface area contributed by atoms with Gasteiger partial charge < -0.3 is 14.2 Å². The van der Waals surface area contributed by atoms with Crippen molar-refractivity contribution < 1.29 is 28.6 Å². The monoisotopic (exact) mass is 475 g/mol. The molecule has 2 aliphatic heterocycles. The van der Waals surface area contributed by atoms with Gasteiger partial charge in [0, 0.05) is 44.0 Å². The molecule has 0 radical (unpaired) electrons. The van der Waals surface area contributed by atoms with Crippen molar-refractivity contribution in [3.8, 4) is 0 Å².